The summed E-state index contributed by atoms with van der Waals surface area (Å²) in [5.41, 5.74) is 3.47. The van der Waals surface area contributed by atoms with E-state index in [1.165, 1.54) is 20.0 Å². The molecule has 4 N–H and O–H groups in total. The first kappa shape index (κ1) is 51.8. The Kier molecular flexibility index (Phi) is 34.0. The molecule has 1 aromatic carbocycles. The third-order valence-corrected chi connectivity index (χ3v) is 6.04. The summed E-state index contributed by atoms with van der Waals surface area (Å²) in [6.45, 7) is 13.9. The minimum atomic E-state index is -0.655. The van der Waals surface area contributed by atoms with Crippen molar-refractivity contribution in [3.05, 3.63) is 48.3 Å². The van der Waals surface area contributed by atoms with Gasteiger partial charge in [-0.1, -0.05) is 78.6 Å². The van der Waals surface area contributed by atoms with Gasteiger partial charge < -0.3 is 39.9 Å². The molecule has 0 saturated heterocycles. The Morgan fingerprint density at radius 2 is 1.08 bits per heavy atom. The topological polar surface area (TPSA) is 175 Å². The van der Waals surface area contributed by atoms with Crippen molar-refractivity contribution in [2.75, 3.05) is 47.5 Å². The lowest BCUT2D eigenvalue weighted by atomic mass is 10.1. The first-order chi connectivity index (χ1) is 25.6. The van der Waals surface area contributed by atoms with E-state index in [1.54, 1.807) is 36.4 Å². The highest BCUT2D eigenvalue weighted by Crippen LogP contribution is 2.23. The molecule has 0 radical (unpaired) electrons. The normalized spacial score (nSPS) is 9.08. The monoisotopic (exact) mass is 738 g/mol. The van der Waals surface area contributed by atoms with Crippen LogP contribution >= 0.6 is 0 Å². The number of amides is 4. The lowest BCUT2D eigenvalue weighted by Gasteiger charge is -2.21. The molecule has 0 atom stereocenters. The van der Waals surface area contributed by atoms with Gasteiger partial charge in [0.15, 0.2) is 0 Å². The Morgan fingerprint density at radius 3 is 1.40 bits per heavy atom. The van der Waals surface area contributed by atoms with Crippen LogP contribution in [0.3, 0.4) is 0 Å². The number of hydrogen-bond acceptors (Lipinski definition) is 8. The summed E-state index contributed by atoms with van der Waals surface area (Å²) in [4.78, 5) is 65.4. The van der Waals surface area contributed by atoms with Gasteiger partial charge in [-0.15, -0.1) is 25.7 Å². The second kappa shape index (κ2) is 34.8. The lowest BCUT2D eigenvalue weighted by molar-refractivity contribution is -0.132. The summed E-state index contributed by atoms with van der Waals surface area (Å²) in [6.07, 6.45) is 23.4. The summed E-state index contributed by atoms with van der Waals surface area (Å²) in [6, 6.07) is 7.84. The largest absolute Gasteiger partial charge is 0.453 e. The van der Waals surface area contributed by atoms with E-state index in [0.717, 1.165) is 35.4 Å². The summed E-state index contributed by atoms with van der Waals surface area (Å²) in [5, 5.41) is 4.82. The summed E-state index contributed by atoms with van der Waals surface area (Å²) in [5.74, 6) is 0.883. The van der Waals surface area contributed by atoms with Crippen LogP contribution in [0.5, 0.6) is 0 Å². The van der Waals surface area contributed by atoms with Gasteiger partial charge in [-0.3, -0.25) is 14.4 Å². The van der Waals surface area contributed by atoms with E-state index in [9.17, 15) is 19.2 Å². The van der Waals surface area contributed by atoms with Crippen molar-refractivity contribution < 1.29 is 28.7 Å². The number of nitrogens with zero attached hydrogens (tertiary/aromatic N) is 4. The van der Waals surface area contributed by atoms with Crippen LogP contribution in [0.1, 0.15) is 78.9 Å². The average molecular weight is 739 g/mol. The van der Waals surface area contributed by atoms with E-state index in [0.29, 0.717) is 37.7 Å². The van der Waals surface area contributed by atoms with Gasteiger partial charge in [0.25, 0.3) is 0 Å². The Bertz CT molecular complexity index is 1400. The molecule has 0 aliphatic carbocycles. The van der Waals surface area contributed by atoms with Crippen molar-refractivity contribution in [2.24, 2.45) is 0 Å². The molecule has 53 heavy (non-hydrogen) atoms. The van der Waals surface area contributed by atoms with Gasteiger partial charge in [-0.05, 0) is 24.0 Å². The molecule has 0 bridgehead atoms. The summed E-state index contributed by atoms with van der Waals surface area (Å²) in [7, 11) is 4.50. The van der Waals surface area contributed by atoms with Gasteiger partial charge in [0.05, 0.1) is 50.5 Å². The van der Waals surface area contributed by atoms with Crippen LogP contribution in [0.25, 0.3) is 22.5 Å². The molecular formula is C39H62N8O6. The number of benzene rings is 1. The Balaban J connectivity index is -0.00000169. The number of carbonyl (C=O) groups is 4. The molecular weight excluding hydrogens is 676 g/mol. The molecule has 0 spiro atoms. The average Bonchev–Trinajstić information content (AvgIpc) is 3.85. The summed E-state index contributed by atoms with van der Waals surface area (Å²) < 4.78 is 8.77. The van der Waals surface area contributed by atoms with Gasteiger partial charge in [0.1, 0.15) is 18.2 Å². The molecule has 14 heteroatoms. The number of alkyl carbamates (subject to hydrolysis) is 1. The number of rotatable bonds is 15. The van der Waals surface area contributed by atoms with Crippen LogP contribution < -0.4 is 10.6 Å². The third-order valence-electron chi connectivity index (χ3n) is 6.04. The number of nitrogens with one attached hydrogen (secondary N) is 4. The molecule has 0 aliphatic rings. The highest BCUT2D eigenvalue weighted by atomic mass is 16.5. The quantitative estimate of drug-likeness (QED) is 0.115. The maximum absolute atomic E-state index is 12.5. The van der Waals surface area contributed by atoms with Crippen LogP contribution in [0.15, 0.2) is 36.7 Å². The SMILES string of the molecule is C#C.C#C.CCC.CCC.CCCN(Cc1ncc(-c2ccc(-c3cnc(CN(CCC)C(=O)CNC(=O)OC)[nH]3)cc2)[nH]1)C(=O)CNC=O.COC. The molecule has 0 fully saturated rings. The van der Waals surface area contributed by atoms with E-state index in [4.69, 9.17) is 0 Å². The number of imidazole rings is 2. The highest BCUT2D eigenvalue weighted by molar-refractivity contribution is 5.82. The lowest BCUT2D eigenvalue weighted by Crippen LogP contribution is -2.40. The predicted octanol–water partition coefficient (Wildman–Crippen LogP) is 5.64. The van der Waals surface area contributed by atoms with E-state index < -0.39 is 6.09 Å². The van der Waals surface area contributed by atoms with Crippen molar-refractivity contribution in [1.29, 1.82) is 0 Å². The molecule has 3 rings (SSSR count). The van der Waals surface area contributed by atoms with Crippen molar-refractivity contribution in [3.8, 4) is 48.2 Å². The zero-order valence-electron chi connectivity index (χ0n) is 33.2. The minimum absolute atomic E-state index is 0.0482. The van der Waals surface area contributed by atoms with Crippen LogP contribution in [0, 0.1) is 25.7 Å². The molecule has 2 aromatic heterocycles. The standard InChI is InChI=1S/C27H36N8O5.2C3H8.C2H6O.2C2H2/c1-4-10-34(25(37)14-28-18-36)16-23-29-12-21(32-23)19-6-8-20(9-7-19)22-13-30-24(33-22)17-35(11-5-2)26(38)15-31-27(39)40-3;3*1-3-2;2*1-2/h6-9,12-13,18H,4-5,10-11,14-17H2,1-3H3,(H,28,36)(H,29,32)(H,30,33)(H,31,39);2*3H2,1-2H3;1-2H3;2*1-2H. The number of H-pyrrole nitrogens is 2. The number of carbonyl (C=O) groups excluding carboxylic acids is 4. The van der Waals surface area contributed by atoms with Crippen molar-refractivity contribution in [3.63, 3.8) is 0 Å². The van der Waals surface area contributed by atoms with Gasteiger partial charge in [-0.25, -0.2) is 14.8 Å². The van der Waals surface area contributed by atoms with Crippen molar-refractivity contribution in [2.45, 2.75) is 80.3 Å². The van der Waals surface area contributed by atoms with Crippen LogP contribution in [-0.4, -0.2) is 102 Å². The first-order valence-corrected chi connectivity index (χ1v) is 17.4. The molecule has 0 saturated carbocycles. The molecule has 294 valence electrons. The minimum Gasteiger partial charge on any atom is -0.453 e. The van der Waals surface area contributed by atoms with Crippen molar-refractivity contribution >= 4 is 24.3 Å². The number of hydrogen-bond donors (Lipinski definition) is 4. The Labute approximate surface area is 317 Å². The van der Waals surface area contributed by atoms with Crippen LogP contribution in [0.4, 0.5) is 4.79 Å². The zero-order chi connectivity index (χ0) is 41.0. The fourth-order valence-corrected chi connectivity index (χ4v) is 4.07. The second-order valence-corrected chi connectivity index (χ2v) is 10.9. The fraction of sp³-hybridized carbons (Fsp3) is 0.487. The van der Waals surface area contributed by atoms with Crippen LogP contribution in [0.2, 0.25) is 0 Å². The Hall–Kier alpha value is -5.60. The van der Waals surface area contributed by atoms with Gasteiger partial charge >= 0.3 is 6.09 Å². The molecule has 3 aromatic rings. The van der Waals surface area contributed by atoms with Crippen LogP contribution in [-0.2, 0) is 36.9 Å². The van der Waals surface area contributed by atoms with E-state index in [-0.39, 0.29) is 31.4 Å². The maximum atomic E-state index is 12.5. The second-order valence-electron chi connectivity index (χ2n) is 10.9. The van der Waals surface area contributed by atoms with Gasteiger partial charge in [0.2, 0.25) is 18.2 Å². The predicted molar refractivity (Wildman–Crippen MR) is 212 cm³/mol. The maximum Gasteiger partial charge on any atom is 0.407 e. The molecule has 0 unspecified atom stereocenters. The van der Waals surface area contributed by atoms with Gasteiger partial charge in [-0.2, -0.15) is 0 Å². The molecule has 2 heterocycles. The molecule has 0 aliphatic heterocycles. The first-order valence-electron chi connectivity index (χ1n) is 17.4. The fourth-order valence-electron chi connectivity index (χ4n) is 4.07. The number of aromatic amines is 2. The molecule has 14 nitrogen and oxygen atoms in total. The Morgan fingerprint density at radius 1 is 0.717 bits per heavy atom. The number of methoxy groups -OCH3 is 2. The van der Waals surface area contributed by atoms with Gasteiger partial charge in [0, 0.05) is 27.3 Å². The summed E-state index contributed by atoms with van der Waals surface area (Å²) >= 11 is 0. The van der Waals surface area contributed by atoms with E-state index in [1.807, 2.05) is 38.1 Å². The molecule has 4 amide bonds. The highest BCUT2D eigenvalue weighted by Gasteiger charge is 2.17. The van der Waals surface area contributed by atoms with E-state index >= 15 is 0 Å². The third kappa shape index (κ3) is 22.8. The number of ether oxygens (including phenoxy) is 2. The number of aromatic nitrogens is 4. The van der Waals surface area contributed by atoms with Crippen molar-refractivity contribution in [1.82, 2.24) is 40.4 Å². The smallest absolute Gasteiger partial charge is 0.407 e. The van der Waals surface area contributed by atoms with E-state index in [2.05, 4.69) is 93.4 Å². The zero-order valence-corrected chi connectivity index (χ0v) is 33.2. The number of terminal acetylenes is 2.